The van der Waals surface area contributed by atoms with E-state index in [0.29, 0.717) is 6.54 Å². The van der Waals surface area contributed by atoms with Gasteiger partial charge in [-0.25, -0.2) is 0 Å². The van der Waals surface area contributed by atoms with Gasteiger partial charge in [-0.1, -0.05) is 24.3 Å². The smallest absolute Gasteiger partial charge is 0.240 e. The number of benzene rings is 1. The highest BCUT2D eigenvalue weighted by atomic mass is 32.2. The van der Waals surface area contributed by atoms with E-state index in [1.807, 2.05) is 43.5 Å². The van der Waals surface area contributed by atoms with Crippen molar-refractivity contribution in [2.45, 2.75) is 12.2 Å². The van der Waals surface area contributed by atoms with Crippen LogP contribution in [0.15, 0.2) is 43.0 Å². The maximum absolute atomic E-state index is 12.1. The number of thioether (sulfide) groups is 1. The molecule has 0 heterocycles. The second-order valence-electron chi connectivity index (χ2n) is 3.45. The molecule has 0 fully saturated rings. The molecule has 1 atom stereocenters. The van der Waals surface area contributed by atoms with E-state index >= 15 is 0 Å². The Labute approximate surface area is 101 Å². The maximum Gasteiger partial charge on any atom is 0.240 e. The fourth-order valence-corrected chi connectivity index (χ4v) is 1.71. The number of anilines is 1. The van der Waals surface area contributed by atoms with Gasteiger partial charge in [0.05, 0.1) is 5.25 Å². The standard InChI is InChI=1S/C13H17NOS/c1-4-10-14(13(15)11(2)16-3)12-8-6-5-7-9-12/h4-9,11H,1,10H2,2-3H3. The number of hydrogen-bond donors (Lipinski definition) is 0. The first-order chi connectivity index (χ1) is 7.70. The van der Waals surface area contributed by atoms with Crippen molar-refractivity contribution in [1.82, 2.24) is 0 Å². The molecule has 0 saturated carbocycles. The predicted octanol–water partition coefficient (Wildman–Crippen LogP) is 2.96. The zero-order chi connectivity index (χ0) is 12.0. The van der Waals surface area contributed by atoms with Crippen molar-refractivity contribution in [3.05, 3.63) is 43.0 Å². The fourth-order valence-electron chi connectivity index (χ4n) is 1.38. The van der Waals surface area contributed by atoms with Gasteiger partial charge in [0.2, 0.25) is 5.91 Å². The molecule has 1 amide bonds. The molecule has 0 spiro atoms. The third-order valence-electron chi connectivity index (χ3n) is 2.35. The zero-order valence-electron chi connectivity index (χ0n) is 9.72. The summed E-state index contributed by atoms with van der Waals surface area (Å²) in [5.41, 5.74) is 0.924. The minimum atomic E-state index is -0.0276. The average molecular weight is 235 g/mol. The summed E-state index contributed by atoms with van der Waals surface area (Å²) in [4.78, 5) is 13.9. The van der Waals surface area contributed by atoms with Crippen molar-refractivity contribution >= 4 is 23.4 Å². The van der Waals surface area contributed by atoms with Crippen LogP contribution in [0.4, 0.5) is 5.69 Å². The molecule has 16 heavy (non-hydrogen) atoms. The molecule has 0 N–H and O–H groups in total. The zero-order valence-corrected chi connectivity index (χ0v) is 10.5. The quantitative estimate of drug-likeness (QED) is 0.731. The lowest BCUT2D eigenvalue weighted by Crippen LogP contribution is -2.36. The van der Waals surface area contributed by atoms with Crippen molar-refractivity contribution in [3.8, 4) is 0 Å². The topological polar surface area (TPSA) is 20.3 Å². The highest BCUT2D eigenvalue weighted by Gasteiger charge is 2.19. The van der Waals surface area contributed by atoms with Crippen LogP contribution < -0.4 is 4.90 Å². The molecular weight excluding hydrogens is 218 g/mol. The van der Waals surface area contributed by atoms with E-state index in [9.17, 15) is 4.79 Å². The number of carbonyl (C=O) groups excluding carboxylic acids is 1. The molecule has 1 unspecified atom stereocenters. The number of rotatable bonds is 5. The van der Waals surface area contributed by atoms with Crippen LogP contribution in [-0.4, -0.2) is 24.0 Å². The lowest BCUT2D eigenvalue weighted by atomic mass is 10.2. The summed E-state index contributed by atoms with van der Waals surface area (Å²) in [5.74, 6) is 0.124. The molecule has 86 valence electrons. The molecule has 3 heteroatoms. The summed E-state index contributed by atoms with van der Waals surface area (Å²) in [6.45, 7) is 6.16. The van der Waals surface area contributed by atoms with Gasteiger partial charge in [0, 0.05) is 12.2 Å². The van der Waals surface area contributed by atoms with Gasteiger partial charge in [-0.15, -0.1) is 6.58 Å². The van der Waals surface area contributed by atoms with Crippen LogP contribution in [-0.2, 0) is 4.79 Å². The van der Waals surface area contributed by atoms with E-state index < -0.39 is 0 Å². The first-order valence-corrected chi connectivity index (χ1v) is 6.49. The van der Waals surface area contributed by atoms with Gasteiger partial charge in [0.15, 0.2) is 0 Å². The lowest BCUT2D eigenvalue weighted by Gasteiger charge is -2.23. The van der Waals surface area contributed by atoms with Gasteiger partial charge >= 0.3 is 0 Å². The van der Waals surface area contributed by atoms with Crippen molar-refractivity contribution in [3.63, 3.8) is 0 Å². The van der Waals surface area contributed by atoms with Gasteiger partial charge in [0.25, 0.3) is 0 Å². The van der Waals surface area contributed by atoms with Crippen LogP contribution >= 0.6 is 11.8 Å². The first kappa shape index (κ1) is 12.8. The van der Waals surface area contributed by atoms with E-state index in [2.05, 4.69) is 6.58 Å². The summed E-state index contributed by atoms with van der Waals surface area (Å²) in [5, 5.41) is -0.0276. The van der Waals surface area contributed by atoms with Crippen LogP contribution in [0.5, 0.6) is 0 Å². The van der Waals surface area contributed by atoms with Crippen molar-refractivity contribution in [2.24, 2.45) is 0 Å². The summed E-state index contributed by atoms with van der Waals surface area (Å²) in [6, 6.07) is 9.69. The van der Waals surface area contributed by atoms with Crippen LogP contribution in [0.2, 0.25) is 0 Å². The van der Waals surface area contributed by atoms with Gasteiger partial charge in [-0.3, -0.25) is 4.79 Å². The Balaban J connectivity index is 2.91. The van der Waals surface area contributed by atoms with E-state index in [-0.39, 0.29) is 11.2 Å². The normalized spacial score (nSPS) is 11.9. The Morgan fingerprint density at radius 1 is 1.50 bits per heavy atom. The molecule has 0 aliphatic rings. The molecule has 0 aliphatic heterocycles. The minimum Gasteiger partial charge on any atom is -0.308 e. The highest BCUT2D eigenvalue weighted by molar-refractivity contribution is 7.99. The monoisotopic (exact) mass is 235 g/mol. The Hall–Kier alpha value is -1.22. The van der Waals surface area contributed by atoms with E-state index in [0.717, 1.165) is 5.69 Å². The van der Waals surface area contributed by atoms with E-state index in [1.165, 1.54) is 0 Å². The average Bonchev–Trinajstić information content (AvgIpc) is 2.35. The molecule has 1 rings (SSSR count). The van der Waals surface area contributed by atoms with Gasteiger partial charge < -0.3 is 4.90 Å². The lowest BCUT2D eigenvalue weighted by molar-refractivity contribution is -0.117. The maximum atomic E-state index is 12.1. The van der Waals surface area contributed by atoms with Crippen molar-refractivity contribution in [1.29, 1.82) is 0 Å². The molecule has 0 aromatic heterocycles. The molecule has 0 aliphatic carbocycles. The molecule has 0 saturated heterocycles. The molecule has 1 aromatic carbocycles. The Morgan fingerprint density at radius 2 is 2.12 bits per heavy atom. The number of hydrogen-bond acceptors (Lipinski definition) is 2. The number of amides is 1. The Morgan fingerprint density at radius 3 is 2.62 bits per heavy atom. The van der Waals surface area contributed by atoms with Gasteiger partial charge in [0.1, 0.15) is 0 Å². The van der Waals surface area contributed by atoms with Gasteiger partial charge in [-0.2, -0.15) is 11.8 Å². The van der Waals surface area contributed by atoms with Crippen molar-refractivity contribution < 1.29 is 4.79 Å². The SMILES string of the molecule is C=CCN(C(=O)C(C)SC)c1ccccc1. The second kappa shape index (κ2) is 6.38. The summed E-state index contributed by atoms with van der Waals surface area (Å²) >= 11 is 1.56. The summed E-state index contributed by atoms with van der Waals surface area (Å²) in [6.07, 6.45) is 3.69. The van der Waals surface area contributed by atoms with Gasteiger partial charge in [-0.05, 0) is 25.3 Å². The Bertz CT molecular complexity index is 350. The minimum absolute atomic E-state index is 0.0276. The molecule has 0 radical (unpaired) electrons. The molecular formula is C13H17NOS. The number of carbonyl (C=O) groups is 1. The summed E-state index contributed by atoms with van der Waals surface area (Å²) in [7, 11) is 0. The third kappa shape index (κ3) is 3.14. The summed E-state index contributed by atoms with van der Waals surface area (Å²) < 4.78 is 0. The first-order valence-electron chi connectivity index (χ1n) is 5.20. The predicted molar refractivity (Wildman–Crippen MR) is 72.0 cm³/mol. The fraction of sp³-hybridized carbons (Fsp3) is 0.308. The third-order valence-corrected chi connectivity index (χ3v) is 3.26. The van der Waals surface area contributed by atoms with Crippen molar-refractivity contribution in [2.75, 3.05) is 17.7 Å². The Kier molecular flexibility index (Phi) is 5.12. The molecule has 1 aromatic rings. The highest BCUT2D eigenvalue weighted by Crippen LogP contribution is 2.18. The van der Waals surface area contributed by atoms with E-state index in [1.54, 1.807) is 22.7 Å². The van der Waals surface area contributed by atoms with Crippen LogP contribution in [0.3, 0.4) is 0 Å². The largest absolute Gasteiger partial charge is 0.308 e. The number of nitrogens with zero attached hydrogens (tertiary/aromatic N) is 1. The number of para-hydroxylation sites is 1. The van der Waals surface area contributed by atoms with Crippen LogP contribution in [0.25, 0.3) is 0 Å². The van der Waals surface area contributed by atoms with Crippen LogP contribution in [0, 0.1) is 0 Å². The van der Waals surface area contributed by atoms with Crippen LogP contribution in [0.1, 0.15) is 6.92 Å². The molecule has 0 bridgehead atoms. The van der Waals surface area contributed by atoms with E-state index in [4.69, 9.17) is 0 Å². The second-order valence-corrected chi connectivity index (χ2v) is 4.63. The molecule has 2 nitrogen and oxygen atoms in total.